The van der Waals surface area contributed by atoms with E-state index in [0.717, 1.165) is 23.4 Å². The summed E-state index contributed by atoms with van der Waals surface area (Å²) in [6, 6.07) is 9.09. The number of rotatable bonds is 8. The second-order valence-corrected chi connectivity index (χ2v) is 8.93. The van der Waals surface area contributed by atoms with Crippen LogP contribution >= 0.6 is 11.6 Å². The molecule has 1 fully saturated rings. The van der Waals surface area contributed by atoms with Crippen molar-refractivity contribution in [3.8, 4) is 22.8 Å². The maximum atomic E-state index is 12.7. The summed E-state index contributed by atoms with van der Waals surface area (Å²) >= 11 is 6.35. The number of aromatic nitrogens is 2. The highest BCUT2D eigenvalue weighted by Crippen LogP contribution is 2.37. The molecule has 0 saturated carbocycles. The lowest BCUT2D eigenvalue weighted by Crippen LogP contribution is -2.53. The molecule has 3 aromatic rings. The molecule has 2 aromatic heterocycles. The number of nitrogens with one attached hydrogen (secondary N) is 2. The molecule has 0 spiro atoms. The number of amides is 2. The Balaban J connectivity index is 1.52. The molecular weight excluding hydrogens is 482 g/mol. The van der Waals surface area contributed by atoms with Gasteiger partial charge in [-0.2, -0.15) is 0 Å². The van der Waals surface area contributed by atoms with E-state index in [1.807, 2.05) is 28.9 Å². The predicted octanol–water partition coefficient (Wildman–Crippen LogP) is 3.54. The molecule has 0 bridgehead atoms. The first-order valence-corrected chi connectivity index (χ1v) is 12.0. The van der Waals surface area contributed by atoms with Crippen molar-refractivity contribution >= 4 is 29.1 Å². The number of benzene rings is 1. The molecule has 2 N–H and O–H groups in total. The Morgan fingerprint density at radius 3 is 2.97 bits per heavy atom. The number of carbonyl (C=O) groups excluding carboxylic acids is 2. The molecule has 1 saturated heterocycles. The molecule has 2 amide bonds. The molecule has 0 radical (unpaired) electrons. The van der Waals surface area contributed by atoms with Crippen molar-refractivity contribution in [3.63, 3.8) is 0 Å². The molecular formula is C26H26ClN5O4. The van der Waals surface area contributed by atoms with E-state index < -0.39 is 0 Å². The van der Waals surface area contributed by atoms with Crippen molar-refractivity contribution in [3.05, 3.63) is 71.7 Å². The number of methoxy groups -OCH3 is 1. The van der Waals surface area contributed by atoms with E-state index in [0.29, 0.717) is 53.9 Å². The number of hydrogen-bond acceptors (Lipinski definition) is 6. The Kier molecular flexibility index (Phi) is 6.56. The minimum absolute atomic E-state index is 0.0248. The van der Waals surface area contributed by atoms with Crippen LogP contribution in [0.1, 0.15) is 22.5 Å². The van der Waals surface area contributed by atoms with Crippen molar-refractivity contribution in [2.75, 3.05) is 32.2 Å². The Hall–Kier alpha value is -3.98. The predicted molar refractivity (Wildman–Crippen MR) is 137 cm³/mol. The van der Waals surface area contributed by atoms with Crippen LogP contribution in [0.4, 0.5) is 5.69 Å². The Morgan fingerprint density at radius 1 is 1.36 bits per heavy atom. The van der Waals surface area contributed by atoms with Crippen LogP contribution in [0.15, 0.2) is 55.4 Å². The number of likely N-dealkylation sites (tertiary alicyclic amines) is 1. The van der Waals surface area contributed by atoms with Crippen LogP contribution in [0.2, 0.25) is 5.02 Å². The fourth-order valence-corrected chi connectivity index (χ4v) is 4.80. The highest BCUT2D eigenvalue weighted by Gasteiger charge is 2.32. The van der Waals surface area contributed by atoms with Gasteiger partial charge in [-0.15, -0.1) is 0 Å². The van der Waals surface area contributed by atoms with Gasteiger partial charge in [0.25, 0.3) is 5.91 Å². The number of para-hydroxylation sites is 1. The number of anilines is 1. The van der Waals surface area contributed by atoms with E-state index in [1.54, 1.807) is 30.5 Å². The van der Waals surface area contributed by atoms with E-state index in [1.165, 1.54) is 6.08 Å². The fraction of sp³-hybridized carbons (Fsp3) is 0.269. The number of hydrogen-bond donors (Lipinski definition) is 2. The zero-order valence-electron chi connectivity index (χ0n) is 19.8. The summed E-state index contributed by atoms with van der Waals surface area (Å²) in [7, 11) is 1.56. The summed E-state index contributed by atoms with van der Waals surface area (Å²) in [6.07, 6.45) is 6.13. The van der Waals surface area contributed by atoms with Crippen LogP contribution < -0.4 is 20.2 Å². The Bertz CT molecular complexity index is 1340. The molecule has 1 aromatic carbocycles. The van der Waals surface area contributed by atoms with Crippen molar-refractivity contribution in [1.29, 1.82) is 0 Å². The van der Waals surface area contributed by atoms with Crippen LogP contribution in [-0.4, -0.2) is 59.2 Å². The Labute approximate surface area is 213 Å². The maximum absolute atomic E-state index is 12.7. The quantitative estimate of drug-likeness (QED) is 0.453. The smallest absolute Gasteiger partial charge is 0.253 e. The first-order valence-electron chi connectivity index (χ1n) is 11.6. The van der Waals surface area contributed by atoms with Gasteiger partial charge in [0.15, 0.2) is 5.75 Å². The fourth-order valence-electron chi connectivity index (χ4n) is 4.55. The van der Waals surface area contributed by atoms with E-state index in [9.17, 15) is 9.59 Å². The lowest BCUT2D eigenvalue weighted by atomic mass is 10.0. The van der Waals surface area contributed by atoms with Crippen LogP contribution in [0.25, 0.3) is 11.3 Å². The SMILES string of the molecule is C=CC(=O)N1CC[C@H]1COc1cnccc1-c1cc2c(n1Nc1cccc(Cl)c1OC)CCNC2=O. The summed E-state index contributed by atoms with van der Waals surface area (Å²) in [5, 5.41) is 3.37. The van der Waals surface area contributed by atoms with Gasteiger partial charge in [0.05, 0.1) is 47.0 Å². The highest BCUT2D eigenvalue weighted by molar-refractivity contribution is 6.32. The van der Waals surface area contributed by atoms with Gasteiger partial charge in [0.1, 0.15) is 12.4 Å². The molecule has 9 nitrogen and oxygen atoms in total. The van der Waals surface area contributed by atoms with E-state index >= 15 is 0 Å². The van der Waals surface area contributed by atoms with Gasteiger partial charge in [-0.3, -0.25) is 24.7 Å². The number of nitrogens with zero attached hydrogens (tertiary/aromatic N) is 3. The Morgan fingerprint density at radius 2 is 2.22 bits per heavy atom. The number of ether oxygens (including phenoxy) is 2. The van der Waals surface area contributed by atoms with Gasteiger partial charge in [0, 0.05) is 31.3 Å². The molecule has 4 heterocycles. The molecule has 0 unspecified atom stereocenters. The lowest BCUT2D eigenvalue weighted by molar-refractivity contribution is -0.134. The molecule has 2 aliphatic rings. The van der Waals surface area contributed by atoms with Gasteiger partial charge in [-0.05, 0) is 36.8 Å². The summed E-state index contributed by atoms with van der Waals surface area (Å²) in [4.78, 5) is 30.7. The largest absolute Gasteiger partial charge is 0.493 e. The standard InChI is InChI=1S/C26H26ClN5O4/c1-3-24(33)31-12-9-16(31)15-36-23-14-28-10-7-17(23)22-13-18-21(8-11-29-26(18)34)32(22)30-20-6-4-5-19(27)25(20)35-2/h3-7,10,13-14,16,30H,1,8-9,11-12,15H2,2H3,(H,29,34)/t16-/m0/s1. The summed E-state index contributed by atoms with van der Waals surface area (Å²) in [5.41, 5.74) is 6.93. The van der Waals surface area contributed by atoms with E-state index in [-0.39, 0.29) is 17.9 Å². The van der Waals surface area contributed by atoms with E-state index in [4.69, 9.17) is 21.1 Å². The third kappa shape index (κ3) is 4.26. The van der Waals surface area contributed by atoms with Crippen molar-refractivity contribution < 1.29 is 19.1 Å². The maximum Gasteiger partial charge on any atom is 0.253 e. The van der Waals surface area contributed by atoms with Gasteiger partial charge in [0.2, 0.25) is 5.91 Å². The third-order valence-electron chi connectivity index (χ3n) is 6.49. The first-order chi connectivity index (χ1) is 17.5. The molecule has 2 aliphatic heterocycles. The molecule has 36 heavy (non-hydrogen) atoms. The molecule has 0 aliphatic carbocycles. The lowest BCUT2D eigenvalue weighted by Gasteiger charge is -2.40. The van der Waals surface area contributed by atoms with Gasteiger partial charge < -0.3 is 19.7 Å². The minimum atomic E-state index is -0.138. The van der Waals surface area contributed by atoms with Crippen LogP contribution in [0.3, 0.4) is 0 Å². The number of halogens is 1. The second kappa shape index (κ2) is 9.94. The van der Waals surface area contributed by atoms with Crippen LogP contribution in [0, 0.1) is 0 Å². The number of pyridine rings is 1. The van der Waals surface area contributed by atoms with Crippen LogP contribution in [-0.2, 0) is 11.2 Å². The number of carbonyl (C=O) groups is 2. The average molecular weight is 508 g/mol. The molecule has 10 heteroatoms. The van der Waals surface area contributed by atoms with E-state index in [2.05, 4.69) is 22.3 Å². The average Bonchev–Trinajstić information content (AvgIpc) is 3.23. The second-order valence-electron chi connectivity index (χ2n) is 8.52. The third-order valence-corrected chi connectivity index (χ3v) is 6.79. The topological polar surface area (TPSA) is 97.7 Å². The zero-order valence-corrected chi connectivity index (χ0v) is 20.5. The number of fused-ring (bicyclic) bond motifs is 1. The normalized spacial score (nSPS) is 16.4. The summed E-state index contributed by atoms with van der Waals surface area (Å²) in [6.45, 7) is 5.11. The highest BCUT2D eigenvalue weighted by atomic mass is 35.5. The zero-order chi connectivity index (χ0) is 25.2. The summed E-state index contributed by atoms with van der Waals surface area (Å²) in [5.74, 6) is 0.803. The first kappa shape index (κ1) is 23.7. The van der Waals surface area contributed by atoms with Crippen LogP contribution in [0.5, 0.6) is 11.5 Å². The summed E-state index contributed by atoms with van der Waals surface area (Å²) < 4.78 is 13.6. The van der Waals surface area contributed by atoms with Gasteiger partial charge in [-0.1, -0.05) is 24.2 Å². The van der Waals surface area contributed by atoms with Gasteiger partial charge >= 0.3 is 0 Å². The van der Waals surface area contributed by atoms with Crippen molar-refractivity contribution in [2.24, 2.45) is 0 Å². The molecule has 1 atom stereocenters. The molecule has 5 rings (SSSR count). The van der Waals surface area contributed by atoms with Crippen molar-refractivity contribution in [2.45, 2.75) is 18.9 Å². The van der Waals surface area contributed by atoms with Crippen molar-refractivity contribution in [1.82, 2.24) is 19.9 Å². The van der Waals surface area contributed by atoms with Gasteiger partial charge in [-0.25, -0.2) is 0 Å². The monoisotopic (exact) mass is 507 g/mol. The minimum Gasteiger partial charge on any atom is -0.493 e. The molecule has 186 valence electrons.